The molecule has 0 aromatic heterocycles. The maximum atomic E-state index is 14.3. The zero-order valence-corrected chi connectivity index (χ0v) is 31.2. The molecule has 0 heterocycles. The minimum absolute atomic E-state index is 0. The van der Waals surface area contributed by atoms with Crippen LogP contribution in [0.25, 0.3) is 0 Å². The maximum absolute atomic E-state index is 14.3. The number of aliphatic hydroxyl groups excluding tert-OH is 1. The van der Waals surface area contributed by atoms with Crippen LogP contribution in [0.1, 0.15) is 133 Å². The third-order valence-corrected chi connectivity index (χ3v) is 15.8. The van der Waals surface area contributed by atoms with Crippen molar-refractivity contribution in [1.82, 2.24) is 0 Å². The quantitative estimate of drug-likeness (QED) is 0.220. The van der Waals surface area contributed by atoms with Gasteiger partial charge >= 0.3 is 5.97 Å². The van der Waals surface area contributed by atoms with E-state index in [1.54, 1.807) is 5.57 Å². The van der Waals surface area contributed by atoms with Gasteiger partial charge in [0, 0.05) is 0 Å². The largest absolute Gasteiger partial charge is 1.00 e. The molecule has 0 aromatic rings. The molecule has 4 fully saturated rings. The summed E-state index contributed by atoms with van der Waals surface area (Å²) in [5, 5.41) is 11.0. The molecule has 0 amide bonds. The monoisotopic (exact) mass is 663 g/mol. The number of quaternary nitrogens is 1. The molecule has 4 nitrogen and oxygen atoms in total. The summed E-state index contributed by atoms with van der Waals surface area (Å²) in [5.41, 5.74) is 2.07. The van der Waals surface area contributed by atoms with Crippen LogP contribution in [0.15, 0.2) is 11.6 Å². The van der Waals surface area contributed by atoms with Gasteiger partial charge in [0.25, 0.3) is 0 Å². The van der Waals surface area contributed by atoms with E-state index in [9.17, 15) is 9.90 Å². The van der Waals surface area contributed by atoms with Gasteiger partial charge in [-0.05, 0) is 130 Å². The lowest BCUT2D eigenvalue weighted by molar-refractivity contribution is -0.923. The molecule has 0 aromatic carbocycles. The van der Waals surface area contributed by atoms with E-state index in [2.05, 4.69) is 75.3 Å². The van der Waals surface area contributed by atoms with Crippen LogP contribution in [0.5, 0.6) is 0 Å². The van der Waals surface area contributed by atoms with Gasteiger partial charge in [0.05, 0.1) is 31.2 Å². The highest BCUT2D eigenvalue weighted by atomic mass is 79.9. The number of carbonyl (C=O) groups excluding carboxylic acids is 1. The average molecular weight is 665 g/mol. The Labute approximate surface area is 275 Å². The van der Waals surface area contributed by atoms with Crippen molar-refractivity contribution in [1.29, 1.82) is 0 Å². The van der Waals surface area contributed by atoms with Crippen molar-refractivity contribution in [3.63, 3.8) is 0 Å². The molecule has 0 aliphatic heterocycles. The molecule has 0 bridgehead atoms. The van der Waals surface area contributed by atoms with E-state index < -0.39 is 0 Å². The molecule has 0 spiro atoms. The number of halogens is 1. The van der Waals surface area contributed by atoms with Crippen LogP contribution < -0.4 is 17.0 Å². The summed E-state index contributed by atoms with van der Waals surface area (Å²) in [6.07, 6.45) is 13.4. The maximum Gasteiger partial charge on any atom is 0.312 e. The lowest BCUT2D eigenvalue weighted by Crippen LogP contribution is -3.00. The molecule has 5 heteroatoms. The number of aliphatic hydroxyl groups is 1. The molecule has 0 saturated heterocycles. The first-order valence-corrected chi connectivity index (χ1v) is 17.9. The van der Waals surface area contributed by atoms with Crippen LogP contribution in [-0.4, -0.2) is 54.4 Å². The van der Waals surface area contributed by atoms with E-state index in [1.807, 2.05) is 0 Å². The molecule has 1 N–H and O–H groups in total. The summed E-state index contributed by atoms with van der Waals surface area (Å²) >= 11 is 0. The number of carbonyl (C=O) groups is 1. The predicted octanol–water partition coefficient (Wildman–Crippen LogP) is 5.57. The van der Waals surface area contributed by atoms with Crippen molar-refractivity contribution in [3.05, 3.63) is 11.6 Å². The SMILES string of the molecule is CC[N+](CC)(CC)CCOC(=O)[C@]12CCC(C)(C)C[C@H]1C1=CC[C@@H]3[C@@]4(C)CC[C@H](O)C(C)(C)[C@@H]4CC[C@@]3(C)[C@]1(C)CC2.[Br-]. The molecule has 5 aliphatic carbocycles. The van der Waals surface area contributed by atoms with Crippen LogP contribution >= 0.6 is 0 Å². The molecular weight excluding hydrogens is 598 g/mol. The zero-order valence-electron chi connectivity index (χ0n) is 29.6. The number of allylic oxidation sites excluding steroid dienone is 2. The van der Waals surface area contributed by atoms with Gasteiger partial charge in [-0.15, -0.1) is 0 Å². The Hall–Kier alpha value is -0.390. The van der Waals surface area contributed by atoms with Gasteiger partial charge in [0.2, 0.25) is 0 Å². The lowest BCUT2D eigenvalue weighted by atomic mass is 9.33. The topological polar surface area (TPSA) is 46.5 Å². The molecule has 8 atom stereocenters. The van der Waals surface area contributed by atoms with Gasteiger partial charge in [0.15, 0.2) is 0 Å². The molecule has 0 radical (unpaired) electrons. The Morgan fingerprint density at radius 2 is 1.51 bits per heavy atom. The number of fused-ring (bicyclic) bond motifs is 7. The summed E-state index contributed by atoms with van der Waals surface area (Å²) in [6, 6.07) is 0. The van der Waals surface area contributed by atoms with E-state index in [4.69, 9.17) is 4.74 Å². The third kappa shape index (κ3) is 5.15. The average Bonchev–Trinajstić information content (AvgIpc) is 2.93. The predicted molar refractivity (Wildman–Crippen MR) is 173 cm³/mol. The van der Waals surface area contributed by atoms with Crippen LogP contribution in [0.4, 0.5) is 0 Å². The highest BCUT2D eigenvalue weighted by molar-refractivity contribution is 5.78. The minimum Gasteiger partial charge on any atom is -1.00 e. The Kier molecular flexibility index (Phi) is 9.64. The first-order chi connectivity index (χ1) is 19.5. The number of likely N-dealkylation sites (N-methyl/N-ethyl adjacent to an activating group) is 1. The van der Waals surface area contributed by atoms with E-state index in [0.29, 0.717) is 24.4 Å². The smallest absolute Gasteiger partial charge is 0.312 e. The fourth-order valence-electron chi connectivity index (χ4n) is 12.2. The molecule has 5 rings (SSSR count). The number of hydrogen-bond acceptors (Lipinski definition) is 3. The Balaban J connectivity index is 0.00000423. The molecular formula is C38H66BrNO3. The first kappa shape index (κ1) is 35.5. The van der Waals surface area contributed by atoms with Crippen molar-refractivity contribution in [2.45, 2.75) is 140 Å². The first-order valence-electron chi connectivity index (χ1n) is 17.9. The van der Waals surface area contributed by atoms with E-state index in [1.165, 1.54) is 12.8 Å². The molecule has 248 valence electrons. The Morgan fingerprint density at radius 3 is 2.14 bits per heavy atom. The number of hydrogen-bond donors (Lipinski definition) is 1. The van der Waals surface area contributed by atoms with Crippen molar-refractivity contribution in [3.8, 4) is 0 Å². The highest BCUT2D eigenvalue weighted by Crippen LogP contribution is 2.75. The number of nitrogens with zero attached hydrogens (tertiary/aromatic N) is 1. The van der Waals surface area contributed by atoms with Crippen molar-refractivity contribution >= 4 is 5.97 Å². The second kappa shape index (κ2) is 11.7. The van der Waals surface area contributed by atoms with Crippen molar-refractivity contribution in [2.24, 2.45) is 50.2 Å². The Bertz CT molecular complexity index is 1070. The Morgan fingerprint density at radius 1 is 0.884 bits per heavy atom. The van der Waals surface area contributed by atoms with E-state index in [-0.39, 0.29) is 61.5 Å². The summed E-state index contributed by atoms with van der Waals surface area (Å²) in [7, 11) is 0. The van der Waals surface area contributed by atoms with Gasteiger partial charge in [-0.25, -0.2) is 0 Å². The van der Waals surface area contributed by atoms with Gasteiger partial charge < -0.3 is 31.3 Å². The minimum atomic E-state index is -0.359. The van der Waals surface area contributed by atoms with Gasteiger partial charge in [0.1, 0.15) is 13.2 Å². The van der Waals surface area contributed by atoms with Gasteiger partial charge in [-0.1, -0.05) is 60.1 Å². The van der Waals surface area contributed by atoms with Crippen molar-refractivity contribution in [2.75, 3.05) is 32.8 Å². The van der Waals surface area contributed by atoms with Crippen LogP contribution in [0, 0.1) is 50.2 Å². The summed E-state index contributed by atoms with van der Waals surface area (Å²) in [5.74, 6) is 1.60. The molecule has 4 saturated carbocycles. The van der Waals surface area contributed by atoms with Crippen LogP contribution in [0.3, 0.4) is 0 Å². The van der Waals surface area contributed by atoms with Gasteiger partial charge in [-0.3, -0.25) is 4.79 Å². The number of ether oxygens (including phenoxy) is 1. The van der Waals surface area contributed by atoms with Crippen LogP contribution in [0.2, 0.25) is 0 Å². The normalized spacial score (nSPS) is 43.1. The molecule has 5 aliphatic rings. The van der Waals surface area contributed by atoms with Gasteiger partial charge in [-0.2, -0.15) is 0 Å². The summed E-state index contributed by atoms with van der Waals surface area (Å²) < 4.78 is 7.35. The zero-order chi connectivity index (χ0) is 31.0. The number of esters is 1. The van der Waals surface area contributed by atoms with E-state index >= 15 is 0 Å². The molecule has 43 heavy (non-hydrogen) atoms. The fourth-order valence-corrected chi connectivity index (χ4v) is 12.2. The lowest BCUT2D eigenvalue weighted by Gasteiger charge is -2.71. The second-order valence-electron chi connectivity index (χ2n) is 17.9. The van der Waals surface area contributed by atoms with Crippen molar-refractivity contribution < 1.29 is 36.1 Å². The summed E-state index contributed by atoms with van der Waals surface area (Å²) in [4.78, 5) is 14.3. The molecule has 0 unspecified atom stereocenters. The van der Waals surface area contributed by atoms with Crippen LogP contribution in [-0.2, 0) is 9.53 Å². The third-order valence-electron chi connectivity index (χ3n) is 15.8. The standard InChI is InChI=1S/C38H66NO3.BrH/c1-11-39(12-2,13-3)24-25-42-32(41)38-22-20-33(4,5)26-28(38)27-14-15-30-35(8)18-17-31(40)34(6,7)29(35)16-19-37(30,10)36(27,9)21-23-38;/h14,28-31,40H,11-13,15-26H2,1-10H3;1H/q+1;/p-1/t28-,29-,30+,31-,35-,36+,37+,38-;/m0./s1. The highest BCUT2D eigenvalue weighted by Gasteiger charge is 2.69. The fraction of sp³-hybridized carbons (Fsp3) is 0.921. The number of rotatable bonds is 7. The second-order valence-corrected chi connectivity index (χ2v) is 17.9. The summed E-state index contributed by atoms with van der Waals surface area (Å²) in [6.45, 7) is 28.9. The van der Waals surface area contributed by atoms with E-state index in [0.717, 1.165) is 82.0 Å².